The summed E-state index contributed by atoms with van der Waals surface area (Å²) in [4.78, 5) is 12.5. The fraction of sp³-hybridized carbons (Fsp3) is 0.692. The number of hydrogen-bond acceptors (Lipinski definition) is 3. The van der Waals surface area contributed by atoms with Crippen molar-refractivity contribution in [1.29, 1.82) is 0 Å². The van der Waals surface area contributed by atoms with Gasteiger partial charge in [0.15, 0.2) is 5.78 Å². The second-order valence-electron chi connectivity index (χ2n) is 5.48. The van der Waals surface area contributed by atoms with Gasteiger partial charge in [-0.15, -0.1) is 0 Å². The van der Waals surface area contributed by atoms with Crippen molar-refractivity contribution >= 4 is 16.6 Å². The molecule has 0 aliphatic carbocycles. The second-order valence-corrected chi connectivity index (χ2v) is 7.47. The molecule has 2 fully saturated rings. The third-order valence-electron chi connectivity index (χ3n) is 4.21. The summed E-state index contributed by atoms with van der Waals surface area (Å²) in [5, 5.41) is 4.75. The number of aryl methyl sites for hydroxylation is 2. The number of carbonyl (C=O) groups excluding carboxylic acids is 1. The molecule has 0 aromatic carbocycles. The van der Waals surface area contributed by atoms with Crippen LogP contribution in [0, 0.1) is 12.8 Å². The number of carbonyl (C=O) groups is 1. The molecule has 0 N–H and O–H groups in total. The van der Waals surface area contributed by atoms with Crippen molar-refractivity contribution in [1.82, 2.24) is 9.78 Å². The third-order valence-corrected chi connectivity index (χ3v) is 6.38. The predicted octanol–water partition coefficient (Wildman–Crippen LogP) is 1.60. The topological polar surface area (TPSA) is 52.0 Å². The first kappa shape index (κ1) is 12.1. The SMILES string of the molecule is Cc1nn(C)cc1C(=O)C1CC2CCC(C1)S2=O. The lowest BCUT2D eigenvalue weighted by Gasteiger charge is -2.26. The molecule has 1 aromatic rings. The Kier molecular flexibility index (Phi) is 2.88. The largest absolute Gasteiger partial charge is 0.294 e. The van der Waals surface area contributed by atoms with Crippen molar-refractivity contribution in [2.24, 2.45) is 13.0 Å². The van der Waals surface area contributed by atoms with Crippen LogP contribution in [-0.4, -0.2) is 30.3 Å². The fourth-order valence-corrected chi connectivity index (χ4v) is 5.43. The molecular weight excluding hydrogens is 248 g/mol. The standard InChI is InChI=1S/C13H18N2O2S/c1-8-12(7-15(2)14-8)13(16)9-5-10-3-4-11(6-9)18(10)17/h7,9-11H,3-6H2,1-2H3. The molecule has 3 rings (SSSR count). The minimum absolute atomic E-state index is 0.0584. The fourth-order valence-electron chi connectivity index (χ4n) is 3.31. The Morgan fingerprint density at radius 1 is 1.39 bits per heavy atom. The molecule has 2 bridgehead atoms. The van der Waals surface area contributed by atoms with Crippen LogP contribution in [0.25, 0.3) is 0 Å². The van der Waals surface area contributed by atoms with Gasteiger partial charge in [-0.2, -0.15) is 5.10 Å². The maximum absolute atomic E-state index is 12.5. The van der Waals surface area contributed by atoms with Crippen molar-refractivity contribution < 1.29 is 9.00 Å². The highest BCUT2D eigenvalue weighted by atomic mass is 32.2. The van der Waals surface area contributed by atoms with Gasteiger partial charge in [-0.3, -0.25) is 13.7 Å². The molecule has 5 heteroatoms. The van der Waals surface area contributed by atoms with Gasteiger partial charge < -0.3 is 0 Å². The van der Waals surface area contributed by atoms with Crippen LogP contribution in [0.3, 0.4) is 0 Å². The smallest absolute Gasteiger partial charge is 0.169 e. The monoisotopic (exact) mass is 266 g/mol. The van der Waals surface area contributed by atoms with Crippen molar-refractivity contribution in [3.8, 4) is 0 Å². The van der Waals surface area contributed by atoms with E-state index in [1.165, 1.54) is 0 Å². The average Bonchev–Trinajstić information content (AvgIpc) is 2.75. The van der Waals surface area contributed by atoms with Gasteiger partial charge in [-0.25, -0.2) is 0 Å². The van der Waals surface area contributed by atoms with Gasteiger partial charge in [0.25, 0.3) is 0 Å². The zero-order valence-corrected chi connectivity index (χ0v) is 11.6. The van der Waals surface area contributed by atoms with Crippen LogP contribution < -0.4 is 0 Å². The lowest BCUT2D eigenvalue weighted by Crippen LogP contribution is -2.32. The summed E-state index contributed by atoms with van der Waals surface area (Å²) in [5.41, 5.74) is 1.55. The van der Waals surface area contributed by atoms with E-state index in [2.05, 4.69) is 5.10 Å². The minimum Gasteiger partial charge on any atom is -0.294 e. The summed E-state index contributed by atoms with van der Waals surface area (Å²) in [7, 11) is 1.15. The Balaban J connectivity index is 1.82. The summed E-state index contributed by atoms with van der Waals surface area (Å²) in [6.45, 7) is 1.88. The van der Waals surface area contributed by atoms with Gasteiger partial charge in [-0.1, -0.05) is 0 Å². The van der Waals surface area contributed by atoms with E-state index in [0.717, 1.165) is 36.9 Å². The Hall–Kier alpha value is -0.970. The Morgan fingerprint density at radius 3 is 2.50 bits per heavy atom. The molecule has 3 heterocycles. The molecular formula is C13H18N2O2S. The van der Waals surface area contributed by atoms with Gasteiger partial charge >= 0.3 is 0 Å². The molecule has 4 nitrogen and oxygen atoms in total. The number of nitrogens with zero attached hydrogens (tertiary/aromatic N) is 2. The molecule has 2 saturated heterocycles. The molecule has 2 atom stereocenters. The highest BCUT2D eigenvalue weighted by molar-refractivity contribution is 7.86. The van der Waals surface area contributed by atoms with Gasteiger partial charge in [0.1, 0.15) is 0 Å². The summed E-state index contributed by atoms with van der Waals surface area (Å²) >= 11 is 0. The normalized spacial score (nSPS) is 34.8. The lowest BCUT2D eigenvalue weighted by molar-refractivity contribution is 0.0905. The summed E-state index contributed by atoms with van der Waals surface area (Å²) in [5.74, 6) is 0.261. The number of rotatable bonds is 2. The summed E-state index contributed by atoms with van der Waals surface area (Å²) < 4.78 is 13.6. The minimum atomic E-state index is -0.685. The molecule has 2 aliphatic rings. The maximum Gasteiger partial charge on any atom is 0.169 e. The molecule has 98 valence electrons. The molecule has 1 aromatic heterocycles. The van der Waals surface area contributed by atoms with Gasteiger partial charge in [0.2, 0.25) is 0 Å². The van der Waals surface area contributed by atoms with Crippen LogP contribution in [0.4, 0.5) is 0 Å². The summed E-state index contributed by atoms with van der Waals surface area (Å²) in [6.07, 6.45) is 5.48. The van der Waals surface area contributed by atoms with Crippen LogP contribution in [0.15, 0.2) is 6.20 Å². The van der Waals surface area contributed by atoms with Crippen LogP contribution in [0.2, 0.25) is 0 Å². The lowest BCUT2D eigenvalue weighted by atomic mass is 9.91. The summed E-state index contributed by atoms with van der Waals surface area (Å²) in [6, 6.07) is 0. The number of ketones is 1. The van der Waals surface area contributed by atoms with Crippen molar-refractivity contribution in [3.05, 3.63) is 17.5 Å². The van der Waals surface area contributed by atoms with Gasteiger partial charge in [0.05, 0.1) is 11.3 Å². The van der Waals surface area contributed by atoms with Crippen LogP contribution in [0.1, 0.15) is 41.7 Å². The van der Waals surface area contributed by atoms with E-state index in [9.17, 15) is 9.00 Å². The van der Waals surface area contributed by atoms with Crippen molar-refractivity contribution in [2.75, 3.05) is 0 Å². The number of Topliss-reactive ketones (excluding diaryl/α,β-unsaturated/α-hetero) is 1. The molecule has 0 radical (unpaired) electrons. The number of aromatic nitrogens is 2. The highest BCUT2D eigenvalue weighted by Gasteiger charge is 2.43. The zero-order chi connectivity index (χ0) is 12.9. The first-order valence-electron chi connectivity index (χ1n) is 6.50. The quantitative estimate of drug-likeness (QED) is 0.764. The van der Waals surface area contributed by atoms with Crippen molar-refractivity contribution in [2.45, 2.75) is 43.1 Å². The molecule has 0 saturated carbocycles. The van der Waals surface area contributed by atoms with Crippen LogP contribution in [0.5, 0.6) is 0 Å². The first-order chi connectivity index (χ1) is 8.56. The second kappa shape index (κ2) is 4.30. The van der Waals surface area contributed by atoms with E-state index in [1.807, 2.05) is 20.2 Å². The Bertz CT molecular complexity index is 507. The van der Waals surface area contributed by atoms with E-state index >= 15 is 0 Å². The van der Waals surface area contributed by atoms with Crippen molar-refractivity contribution in [3.63, 3.8) is 0 Å². The highest BCUT2D eigenvalue weighted by Crippen LogP contribution is 2.39. The third kappa shape index (κ3) is 1.85. The van der Waals surface area contributed by atoms with E-state index < -0.39 is 10.8 Å². The molecule has 0 spiro atoms. The molecule has 0 amide bonds. The van der Waals surface area contributed by atoms with Gasteiger partial charge in [0, 0.05) is 40.5 Å². The van der Waals surface area contributed by atoms with Crippen LogP contribution >= 0.6 is 0 Å². The average molecular weight is 266 g/mol. The zero-order valence-electron chi connectivity index (χ0n) is 10.8. The van der Waals surface area contributed by atoms with E-state index in [4.69, 9.17) is 0 Å². The van der Waals surface area contributed by atoms with E-state index in [-0.39, 0.29) is 22.2 Å². The molecule has 2 unspecified atom stereocenters. The van der Waals surface area contributed by atoms with Crippen LogP contribution in [-0.2, 0) is 17.8 Å². The molecule has 2 aliphatic heterocycles. The maximum atomic E-state index is 12.5. The Morgan fingerprint density at radius 2 is 2.00 bits per heavy atom. The molecule has 18 heavy (non-hydrogen) atoms. The predicted molar refractivity (Wildman–Crippen MR) is 70.0 cm³/mol. The van der Waals surface area contributed by atoms with E-state index in [1.54, 1.807) is 4.68 Å². The first-order valence-corrected chi connectivity index (χ1v) is 7.77. The number of fused-ring (bicyclic) bond motifs is 2. The number of hydrogen-bond donors (Lipinski definition) is 0. The van der Waals surface area contributed by atoms with E-state index in [0.29, 0.717) is 0 Å². The Labute approximate surface area is 109 Å². The van der Waals surface area contributed by atoms with Gasteiger partial charge in [-0.05, 0) is 32.6 Å².